The largest absolute Gasteiger partial charge is 0.341 e. The Bertz CT molecular complexity index is 459. The molecule has 1 aliphatic heterocycles. The standard InChI is InChI=1S/C14H16BrCl2NO/c15-10-5-6-11(12(16)9-10)13(17)14(19)18-7-3-1-2-4-8-18/h5-6,9,13H,1-4,7-8H2. The summed E-state index contributed by atoms with van der Waals surface area (Å²) in [5, 5.41) is -0.170. The second-order valence-electron chi connectivity index (χ2n) is 4.77. The highest BCUT2D eigenvalue weighted by Gasteiger charge is 2.26. The van der Waals surface area contributed by atoms with Crippen molar-refractivity contribution >= 4 is 45.0 Å². The van der Waals surface area contributed by atoms with Crippen molar-refractivity contribution in [2.75, 3.05) is 13.1 Å². The van der Waals surface area contributed by atoms with Gasteiger partial charge in [0.15, 0.2) is 0 Å². The van der Waals surface area contributed by atoms with Crippen LogP contribution in [0.4, 0.5) is 0 Å². The predicted molar refractivity (Wildman–Crippen MR) is 82.8 cm³/mol. The topological polar surface area (TPSA) is 20.3 Å². The molecule has 0 aliphatic carbocycles. The third kappa shape index (κ3) is 3.87. The van der Waals surface area contributed by atoms with Crippen molar-refractivity contribution in [3.8, 4) is 0 Å². The van der Waals surface area contributed by atoms with Gasteiger partial charge in [-0.25, -0.2) is 0 Å². The van der Waals surface area contributed by atoms with Crippen LogP contribution in [0.25, 0.3) is 0 Å². The molecule has 0 saturated carbocycles. The average molecular weight is 365 g/mol. The fourth-order valence-electron chi connectivity index (χ4n) is 2.29. The predicted octanol–water partition coefficient (Wildman–Crippen LogP) is 4.79. The summed E-state index contributed by atoms with van der Waals surface area (Å²) in [5.74, 6) is -0.0345. The molecule has 2 rings (SSSR count). The molecule has 1 atom stereocenters. The van der Waals surface area contributed by atoms with Crippen molar-refractivity contribution in [3.63, 3.8) is 0 Å². The summed E-state index contributed by atoms with van der Waals surface area (Å²) >= 11 is 15.8. The van der Waals surface area contributed by atoms with Crippen molar-refractivity contribution < 1.29 is 4.79 Å². The Balaban J connectivity index is 2.13. The number of carbonyl (C=O) groups is 1. The van der Waals surface area contributed by atoms with Crippen LogP contribution in [0.1, 0.15) is 36.6 Å². The van der Waals surface area contributed by atoms with E-state index in [9.17, 15) is 4.79 Å². The van der Waals surface area contributed by atoms with Crippen LogP contribution in [0.5, 0.6) is 0 Å². The summed E-state index contributed by atoms with van der Waals surface area (Å²) in [6.45, 7) is 1.60. The zero-order chi connectivity index (χ0) is 13.8. The van der Waals surface area contributed by atoms with E-state index in [0.717, 1.165) is 30.4 Å². The van der Waals surface area contributed by atoms with Gasteiger partial charge in [-0.2, -0.15) is 0 Å². The Labute approximate surface area is 132 Å². The number of amides is 1. The van der Waals surface area contributed by atoms with Crippen LogP contribution in [-0.2, 0) is 4.79 Å². The summed E-state index contributed by atoms with van der Waals surface area (Å²) in [6.07, 6.45) is 4.50. The van der Waals surface area contributed by atoms with E-state index < -0.39 is 5.38 Å². The molecule has 0 N–H and O–H groups in total. The van der Waals surface area contributed by atoms with E-state index in [4.69, 9.17) is 23.2 Å². The highest BCUT2D eigenvalue weighted by atomic mass is 79.9. The van der Waals surface area contributed by atoms with Gasteiger partial charge in [-0.3, -0.25) is 4.79 Å². The Hall–Kier alpha value is -0.250. The van der Waals surface area contributed by atoms with E-state index >= 15 is 0 Å². The van der Waals surface area contributed by atoms with Crippen molar-refractivity contribution in [1.82, 2.24) is 4.90 Å². The van der Waals surface area contributed by atoms with Crippen LogP contribution >= 0.6 is 39.1 Å². The molecular formula is C14H16BrCl2NO. The molecular weight excluding hydrogens is 349 g/mol. The monoisotopic (exact) mass is 363 g/mol. The van der Waals surface area contributed by atoms with Crippen molar-refractivity contribution in [2.24, 2.45) is 0 Å². The summed E-state index contributed by atoms with van der Waals surface area (Å²) < 4.78 is 0.882. The molecule has 2 nitrogen and oxygen atoms in total. The number of hydrogen-bond donors (Lipinski definition) is 0. The molecule has 1 aromatic carbocycles. The van der Waals surface area contributed by atoms with Crippen molar-refractivity contribution in [3.05, 3.63) is 33.3 Å². The summed E-state index contributed by atoms with van der Waals surface area (Å²) in [6, 6.07) is 5.42. The van der Waals surface area contributed by atoms with Gasteiger partial charge in [-0.1, -0.05) is 46.4 Å². The van der Waals surface area contributed by atoms with Crippen LogP contribution in [0.15, 0.2) is 22.7 Å². The minimum Gasteiger partial charge on any atom is -0.341 e. The van der Waals surface area contributed by atoms with Gasteiger partial charge in [0.05, 0.1) is 0 Å². The van der Waals surface area contributed by atoms with Crippen LogP contribution in [0.3, 0.4) is 0 Å². The number of rotatable bonds is 2. The maximum absolute atomic E-state index is 12.4. The molecule has 0 radical (unpaired) electrons. The first-order valence-corrected chi connectivity index (χ1v) is 8.08. The van der Waals surface area contributed by atoms with Crippen LogP contribution in [-0.4, -0.2) is 23.9 Å². The first-order valence-electron chi connectivity index (χ1n) is 6.47. The quantitative estimate of drug-likeness (QED) is 0.691. The zero-order valence-corrected chi connectivity index (χ0v) is 13.6. The number of halogens is 3. The van der Waals surface area contributed by atoms with Gasteiger partial charge >= 0.3 is 0 Å². The molecule has 1 aromatic rings. The molecule has 1 aliphatic rings. The molecule has 19 heavy (non-hydrogen) atoms. The SMILES string of the molecule is O=C(C(Cl)c1ccc(Br)cc1Cl)N1CCCCCC1. The van der Waals surface area contributed by atoms with Gasteiger partial charge in [-0.05, 0) is 30.5 Å². The molecule has 1 saturated heterocycles. The number of alkyl halides is 1. The van der Waals surface area contributed by atoms with Crippen LogP contribution in [0, 0.1) is 0 Å². The minimum atomic E-state index is -0.696. The number of nitrogens with zero attached hydrogens (tertiary/aromatic N) is 1. The smallest absolute Gasteiger partial charge is 0.245 e. The van der Waals surface area contributed by atoms with Gasteiger partial charge in [0.1, 0.15) is 5.38 Å². The highest BCUT2D eigenvalue weighted by Crippen LogP contribution is 2.32. The van der Waals surface area contributed by atoms with Crippen molar-refractivity contribution in [1.29, 1.82) is 0 Å². The molecule has 0 spiro atoms. The van der Waals surface area contributed by atoms with E-state index in [1.807, 2.05) is 11.0 Å². The summed E-state index contributed by atoms with van der Waals surface area (Å²) in [5.41, 5.74) is 0.681. The lowest BCUT2D eigenvalue weighted by molar-refractivity contribution is -0.130. The lowest BCUT2D eigenvalue weighted by Gasteiger charge is -2.23. The molecule has 1 unspecified atom stereocenters. The maximum Gasteiger partial charge on any atom is 0.245 e. The molecule has 0 bridgehead atoms. The molecule has 1 amide bonds. The fourth-order valence-corrected chi connectivity index (χ4v) is 3.46. The van der Waals surface area contributed by atoms with Gasteiger partial charge in [0.2, 0.25) is 5.91 Å². The van der Waals surface area contributed by atoms with E-state index in [0.29, 0.717) is 10.6 Å². The fraction of sp³-hybridized carbons (Fsp3) is 0.500. The average Bonchev–Trinajstić information content (AvgIpc) is 2.66. The van der Waals surface area contributed by atoms with E-state index in [2.05, 4.69) is 15.9 Å². The second kappa shape index (κ2) is 6.96. The first-order chi connectivity index (χ1) is 9.09. The van der Waals surface area contributed by atoms with E-state index in [1.165, 1.54) is 12.8 Å². The molecule has 104 valence electrons. The number of benzene rings is 1. The molecule has 1 heterocycles. The Kier molecular flexibility index (Phi) is 5.55. The van der Waals surface area contributed by atoms with Gasteiger partial charge < -0.3 is 4.90 Å². The lowest BCUT2D eigenvalue weighted by atomic mass is 10.1. The Morgan fingerprint density at radius 3 is 2.42 bits per heavy atom. The van der Waals surface area contributed by atoms with E-state index in [-0.39, 0.29) is 5.91 Å². The minimum absolute atomic E-state index is 0.0345. The third-order valence-electron chi connectivity index (χ3n) is 3.37. The summed E-state index contributed by atoms with van der Waals surface area (Å²) in [4.78, 5) is 14.3. The molecule has 0 aromatic heterocycles. The van der Waals surface area contributed by atoms with Crippen LogP contribution in [0.2, 0.25) is 5.02 Å². The maximum atomic E-state index is 12.4. The first kappa shape index (κ1) is 15.1. The molecule has 5 heteroatoms. The zero-order valence-electron chi connectivity index (χ0n) is 10.5. The molecule has 1 fully saturated rings. The van der Waals surface area contributed by atoms with Gasteiger partial charge in [0.25, 0.3) is 0 Å². The third-order valence-corrected chi connectivity index (χ3v) is 4.61. The lowest BCUT2D eigenvalue weighted by Crippen LogP contribution is -2.34. The van der Waals surface area contributed by atoms with Crippen molar-refractivity contribution in [2.45, 2.75) is 31.1 Å². The van der Waals surface area contributed by atoms with E-state index in [1.54, 1.807) is 12.1 Å². The number of hydrogen-bond acceptors (Lipinski definition) is 1. The Morgan fingerprint density at radius 1 is 1.21 bits per heavy atom. The number of likely N-dealkylation sites (tertiary alicyclic amines) is 1. The van der Waals surface area contributed by atoms with Gasteiger partial charge in [0, 0.05) is 22.6 Å². The normalized spacial score (nSPS) is 17.9. The summed E-state index contributed by atoms with van der Waals surface area (Å²) in [7, 11) is 0. The van der Waals surface area contributed by atoms with Gasteiger partial charge in [-0.15, -0.1) is 11.6 Å². The highest BCUT2D eigenvalue weighted by molar-refractivity contribution is 9.10. The second-order valence-corrected chi connectivity index (χ2v) is 6.53. The number of carbonyl (C=O) groups excluding carboxylic acids is 1. The van der Waals surface area contributed by atoms with Crippen LogP contribution < -0.4 is 0 Å². The Morgan fingerprint density at radius 2 is 1.84 bits per heavy atom.